The molecule has 0 fully saturated rings. The standard InChI is InChI=1S/C5H4ClOS/c1-7-4-2-5(6)8-3-4/h2H,1H3. The van der Waals surface area contributed by atoms with Crippen molar-refractivity contribution in [2.24, 2.45) is 0 Å². The molecular weight excluding hydrogens is 144 g/mol. The predicted octanol–water partition coefficient (Wildman–Crippen LogP) is 2.21. The monoisotopic (exact) mass is 147 g/mol. The van der Waals surface area contributed by atoms with E-state index in [0.29, 0.717) is 10.1 Å². The normalized spacial score (nSPS) is 9.25. The third-order valence-electron chi connectivity index (χ3n) is 0.714. The first-order valence-corrected chi connectivity index (χ1v) is 3.23. The van der Waals surface area contributed by atoms with Crippen molar-refractivity contribution >= 4 is 22.9 Å². The maximum absolute atomic E-state index is 5.55. The van der Waals surface area contributed by atoms with Crippen LogP contribution in [0.5, 0.6) is 5.75 Å². The Morgan fingerprint density at radius 2 is 2.62 bits per heavy atom. The highest BCUT2D eigenvalue weighted by Crippen LogP contribution is 2.23. The van der Waals surface area contributed by atoms with Gasteiger partial charge < -0.3 is 4.74 Å². The molecule has 0 N–H and O–H groups in total. The second-order valence-electron chi connectivity index (χ2n) is 1.22. The molecule has 0 aliphatic heterocycles. The Bertz CT molecular complexity index is 173. The van der Waals surface area contributed by atoms with E-state index >= 15 is 0 Å². The van der Waals surface area contributed by atoms with Crippen molar-refractivity contribution in [3.63, 3.8) is 0 Å². The fraction of sp³-hybridized carbons (Fsp3) is 0.200. The number of hydrogen-bond donors (Lipinski definition) is 0. The Morgan fingerprint density at radius 3 is 2.88 bits per heavy atom. The predicted molar refractivity (Wildman–Crippen MR) is 34.7 cm³/mol. The zero-order chi connectivity index (χ0) is 5.98. The molecule has 0 unspecified atom stereocenters. The van der Waals surface area contributed by atoms with Crippen molar-refractivity contribution in [2.75, 3.05) is 7.11 Å². The van der Waals surface area contributed by atoms with Gasteiger partial charge in [-0.05, 0) is 0 Å². The molecule has 0 saturated carbocycles. The van der Waals surface area contributed by atoms with Crippen LogP contribution in [0.2, 0.25) is 4.34 Å². The van der Waals surface area contributed by atoms with Crippen molar-refractivity contribution in [3.05, 3.63) is 15.8 Å². The maximum atomic E-state index is 5.55. The van der Waals surface area contributed by atoms with Gasteiger partial charge in [0.25, 0.3) is 0 Å². The summed E-state index contributed by atoms with van der Waals surface area (Å²) in [7, 11) is 1.59. The fourth-order valence-corrected chi connectivity index (χ4v) is 1.08. The summed E-state index contributed by atoms with van der Waals surface area (Å²) < 4.78 is 5.52. The highest BCUT2D eigenvalue weighted by Gasteiger charge is 1.93. The highest BCUT2D eigenvalue weighted by molar-refractivity contribution is 7.14. The highest BCUT2D eigenvalue weighted by atomic mass is 35.5. The zero-order valence-electron chi connectivity index (χ0n) is 4.27. The van der Waals surface area contributed by atoms with Gasteiger partial charge in [0, 0.05) is 6.07 Å². The van der Waals surface area contributed by atoms with Gasteiger partial charge in [-0.3, -0.25) is 0 Å². The van der Waals surface area contributed by atoms with E-state index < -0.39 is 0 Å². The van der Waals surface area contributed by atoms with E-state index in [1.807, 2.05) is 0 Å². The first-order valence-electron chi connectivity index (χ1n) is 2.04. The number of rotatable bonds is 1. The van der Waals surface area contributed by atoms with Gasteiger partial charge in [-0.1, -0.05) is 11.6 Å². The van der Waals surface area contributed by atoms with Crippen LogP contribution in [0.25, 0.3) is 0 Å². The number of methoxy groups -OCH3 is 1. The molecule has 3 heteroatoms. The molecule has 0 aromatic carbocycles. The van der Waals surface area contributed by atoms with Crippen LogP contribution >= 0.6 is 22.9 Å². The second kappa shape index (κ2) is 2.37. The molecule has 1 aromatic rings. The zero-order valence-corrected chi connectivity index (χ0v) is 5.84. The van der Waals surface area contributed by atoms with Crippen LogP contribution < -0.4 is 4.74 Å². The summed E-state index contributed by atoms with van der Waals surface area (Å²) in [5, 5.41) is 2.84. The Balaban J connectivity index is 2.84. The first-order chi connectivity index (χ1) is 3.83. The van der Waals surface area contributed by atoms with Crippen molar-refractivity contribution in [1.29, 1.82) is 0 Å². The van der Waals surface area contributed by atoms with E-state index in [2.05, 4.69) is 5.38 Å². The van der Waals surface area contributed by atoms with Gasteiger partial charge in [-0.25, -0.2) is 0 Å². The number of halogens is 1. The molecule has 0 spiro atoms. The molecule has 1 aromatic heterocycles. The van der Waals surface area contributed by atoms with Crippen LogP contribution in [0.4, 0.5) is 0 Å². The molecule has 0 amide bonds. The summed E-state index contributed by atoms with van der Waals surface area (Å²) in [5.41, 5.74) is 0. The van der Waals surface area contributed by atoms with Gasteiger partial charge in [0.2, 0.25) is 0 Å². The first kappa shape index (κ1) is 5.92. The van der Waals surface area contributed by atoms with Crippen molar-refractivity contribution in [3.8, 4) is 5.75 Å². The van der Waals surface area contributed by atoms with Gasteiger partial charge >= 0.3 is 0 Å². The molecule has 1 heterocycles. The van der Waals surface area contributed by atoms with Crippen LogP contribution in [0, 0.1) is 5.38 Å². The van der Waals surface area contributed by atoms with Crippen LogP contribution in [0.15, 0.2) is 6.07 Å². The maximum Gasteiger partial charge on any atom is 0.139 e. The Hall–Kier alpha value is -0.210. The minimum Gasteiger partial charge on any atom is -0.495 e. The summed E-state index contributed by atoms with van der Waals surface area (Å²) in [6, 6.07) is 1.73. The number of thiophene rings is 1. The van der Waals surface area contributed by atoms with Gasteiger partial charge in [-0.2, -0.15) is 0 Å². The average molecular weight is 148 g/mol. The molecule has 0 aliphatic carbocycles. The third kappa shape index (κ3) is 1.14. The van der Waals surface area contributed by atoms with E-state index in [9.17, 15) is 0 Å². The van der Waals surface area contributed by atoms with Crippen LogP contribution in [-0.2, 0) is 0 Å². The van der Waals surface area contributed by atoms with Gasteiger partial charge in [0.05, 0.1) is 16.8 Å². The molecule has 8 heavy (non-hydrogen) atoms. The Kier molecular flexibility index (Phi) is 1.76. The van der Waals surface area contributed by atoms with E-state index in [4.69, 9.17) is 16.3 Å². The minimum absolute atomic E-state index is 0.708. The summed E-state index contributed by atoms with van der Waals surface area (Å²) in [5.74, 6) is 0.708. The topological polar surface area (TPSA) is 9.23 Å². The quantitative estimate of drug-likeness (QED) is 0.592. The molecule has 1 radical (unpaired) electrons. The summed E-state index contributed by atoms with van der Waals surface area (Å²) in [6.45, 7) is 0. The second-order valence-corrected chi connectivity index (χ2v) is 2.70. The lowest BCUT2D eigenvalue weighted by molar-refractivity contribution is 0.416. The molecule has 43 valence electrons. The SMILES string of the molecule is COc1[c]sc(Cl)c1. The van der Waals surface area contributed by atoms with Gasteiger partial charge in [0.15, 0.2) is 0 Å². The van der Waals surface area contributed by atoms with E-state index in [-0.39, 0.29) is 0 Å². The average Bonchev–Trinajstić information content (AvgIpc) is 2.14. The fourth-order valence-electron chi connectivity index (χ4n) is 0.362. The van der Waals surface area contributed by atoms with Crippen molar-refractivity contribution in [2.45, 2.75) is 0 Å². The summed E-state index contributed by atoms with van der Waals surface area (Å²) >= 11 is 6.89. The molecule has 1 nitrogen and oxygen atoms in total. The van der Waals surface area contributed by atoms with Crippen molar-refractivity contribution < 1.29 is 4.74 Å². The van der Waals surface area contributed by atoms with Crippen LogP contribution in [0.1, 0.15) is 0 Å². The summed E-state index contributed by atoms with van der Waals surface area (Å²) in [4.78, 5) is 0. The third-order valence-corrected chi connectivity index (χ3v) is 1.67. The Labute approximate surface area is 56.9 Å². The lowest BCUT2D eigenvalue weighted by Crippen LogP contribution is -1.75. The number of hydrogen-bond acceptors (Lipinski definition) is 2. The molecule has 0 saturated heterocycles. The Morgan fingerprint density at radius 1 is 1.88 bits per heavy atom. The van der Waals surface area contributed by atoms with Crippen LogP contribution in [0.3, 0.4) is 0 Å². The number of ether oxygens (including phenoxy) is 1. The minimum atomic E-state index is 0.708. The molecular formula is C5H4ClOS. The largest absolute Gasteiger partial charge is 0.495 e. The summed E-state index contributed by atoms with van der Waals surface area (Å²) in [6.07, 6.45) is 0. The smallest absolute Gasteiger partial charge is 0.139 e. The van der Waals surface area contributed by atoms with Gasteiger partial charge in [-0.15, -0.1) is 11.3 Å². The van der Waals surface area contributed by atoms with Crippen LogP contribution in [-0.4, -0.2) is 7.11 Å². The van der Waals surface area contributed by atoms with E-state index in [0.717, 1.165) is 0 Å². The van der Waals surface area contributed by atoms with Gasteiger partial charge in [0.1, 0.15) is 5.75 Å². The van der Waals surface area contributed by atoms with Crippen molar-refractivity contribution in [1.82, 2.24) is 0 Å². The molecule has 0 bridgehead atoms. The lowest BCUT2D eigenvalue weighted by atomic mass is 10.6. The molecule has 0 atom stereocenters. The van der Waals surface area contributed by atoms with E-state index in [1.54, 1.807) is 13.2 Å². The lowest BCUT2D eigenvalue weighted by Gasteiger charge is -1.86. The molecule has 0 aliphatic rings. The molecule has 1 rings (SSSR count). The van der Waals surface area contributed by atoms with E-state index in [1.165, 1.54) is 11.3 Å².